The monoisotopic (exact) mass is 371 g/mol. The standard InChI is InChI=1S/C16H12N4O3S2/c21-13(18-12-5-1-3-10(7-12)15(22)23)9-24-16-20-19-14(25-16)11-4-2-6-17-8-11/h1-8H,9H2,(H,18,21)(H,22,23)/p-1. The van der Waals surface area contributed by atoms with E-state index >= 15 is 0 Å². The Hall–Kier alpha value is -2.78. The first-order valence-corrected chi connectivity index (χ1v) is 8.90. The summed E-state index contributed by atoms with van der Waals surface area (Å²) in [5.41, 5.74) is 1.28. The van der Waals surface area contributed by atoms with E-state index < -0.39 is 5.97 Å². The van der Waals surface area contributed by atoms with Crippen LogP contribution in [0.1, 0.15) is 10.4 Å². The summed E-state index contributed by atoms with van der Waals surface area (Å²) in [4.78, 5) is 26.9. The molecule has 1 aromatic carbocycles. The van der Waals surface area contributed by atoms with Gasteiger partial charge in [-0.25, -0.2) is 0 Å². The van der Waals surface area contributed by atoms with Gasteiger partial charge in [0, 0.05) is 23.6 Å². The zero-order valence-electron chi connectivity index (χ0n) is 12.7. The van der Waals surface area contributed by atoms with Crippen LogP contribution in [0.3, 0.4) is 0 Å². The summed E-state index contributed by atoms with van der Waals surface area (Å²) in [6.45, 7) is 0. The third kappa shape index (κ3) is 4.61. The molecule has 0 radical (unpaired) electrons. The van der Waals surface area contributed by atoms with Crippen molar-refractivity contribution in [2.75, 3.05) is 11.1 Å². The Morgan fingerprint density at radius 3 is 2.84 bits per heavy atom. The number of nitrogens with one attached hydrogen (secondary N) is 1. The number of hydrogen-bond acceptors (Lipinski definition) is 8. The van der Waals surface area contributed by atoms with Gasteiger partial charge in [0.1, 0.15) is 5.01 Å². The number of aromatic carboxylic acids is 1. The van der Waals surface area contributed by atoms with E-state index in [1.165, 1.54) is 35.2 Å². The van der Waals surface area contributed by atoms with Gasteiger partial charge >= 0.3 is 0 Å². The SMILES string of the molecule is O=C(CSc1nnc(-c2cccnc2)s1)Nc1cccc(C(=O)[O-])c1. The maximum Gasteiger partial charge on any atom is 0.234 e. The van der Waals surface area contributed by atoms with Gasteiger partial charge < -0.3 is 15.2 Å². The summed E-state index contributed by atoms with van der Waals surface area (Å²) in [5.74, 6) is -1.42. The third-order valence-electron chi connectivity index (χ3n) is 3.02. The summed E-state index contributed by atoms with van der Waals surface area (Å²) in [5, 5.41) is 22.3. The molecule has 0 atom stereocenters. The highest BCUT2D eigenvalue weighted by Crippen LogP contribution is 2.28. The molecule has 0 aliphatic rings. The highest BCUT2D eigenvalue weighted by Gasteiger charge is 2.10. The predicted molar refractivity (Wildman–Crippen MR) is 93.3 cm³/mol. The van der Waals surface area contributed by atoms with Crippen LogP contribution in [0, 0.1) is 0 Å². The van der Waals surface area contributed by atoms with E-state index in [0.717, 1.165) is 10.6 Å². The third-order valence-corrected chi connectivity index (χ3v) is 5.13. The van der Waals surface area contributed by atoms with Gasteiger partial charge in [0.15, 0.2) is 4.34 Å². The van der Waals surface area contributed by atoms with E-state index in [-0.39, 0.29) is 17.2 Å². The van der Waals surface area contributed by atoms with E-state index in [2.05, 4.69) is 20.5 Å². The number of carbonyl (C=O) groups excluding carboxylic acids is 2. The molecule has 0 unspecified atom stereocenters. The molecule has 3 rings (SSSR count). The zero-order chi connectivity index (χ0) is 17.6. The van der Waals surface area contributed by atoms with Crippen molar-refractivity contribution in [1.29, 1.82) is 0 Å². The molecule has 0 spiro atoms. The number of pyridine rings is 1. The quantitative estimate of drug-likeness (QED) is 0.657. The van der Waals surface area contributed by atoms with Gasteiger partial charge in [0.05, 0.1) is 11.7 Å². The first kappa shape index (κ1) is 17.1. The molecule has 0 aliphatic carbocycles. The van der Waals surface area contributed by atoms with Gasteiger partial charge in [-0.1, -0.05) is 35.2 Å². The van der Waals surface area contributed by atoms with Crippen LogP contribution in [0.25, 0.3) is 10.6 Å². The molecule has 9 heteroatoms. The number of thioether (sulfide) groups is 1. The molecule has 0 bridgehead atoms. The Kier molecular flexibility index (Phi) is 5.36. The Labute approximate surface area is 151 Å². The van der Waals surface area contributed by atoms with Crippen LogP contribution in [-0.2, 0) is 4.79 Å². The number of nitrogens with zero attached hydrogens (tertiary/aromatic N) is 3. The second-order valence-corrected chi connectivity index (χ2v) is 7.02. The van der Waals surface area contributed by atoms with Gasteiger partial charge in [-0.15, -0.1) is 10.2 Å². The molecule has 1 amide bonds. The van der Waals surface area contributed by atoms with Gasteiger partial charge in [-0.05, 0) is 29.8 Å². The van der Waals surface area contributed by atoms with Crippen LogP contribution in [0.4, 0.5) is 5.69 Å². The van der Waals surface area contributed by atoms with Gasteiger partial charge in [0.25, 0.3) is 0 Å². The van der Waals surface area contributed by atoms with Crippen molar-refractivity contribution >= 4 is 40.7 Å². The molecule has 25 heavy (non-hydrogen) atoms. The Morgan fingerprint density at radius 1 is 1.20 bits per heavy atom. The number of amides is 1. The van der Waals surface area contributed by atoms with Crippen molar-refractivity contribution in [1.82, 2.24) is 15.2 Å². The summed E-state index contributed by atoms with van der Waals surface area (Å²) < 4.78 is 0.664. The lowest BCUT2D eigenvalue weighted by Gasteiger charge is -2.07. The van der Waals surface area contributed by atoms with Gasteiger partial charge in [-0.2, -0.15) is 0 Å². The van der Waals surface area contributed by atoms with E-state index in [4.69, 9.17) is 0 Å². The molecule has 3 aromatic rings. The number of carboxylic acids is 1. The first-order valence-electron chi connectivity index (χ1n) is 7.10. The maximum absolute atomic E-state index is 12.0. The minimum atomic E-state index is -1.29. The maximum atomic E-state index is 12.0. The summed E-state index contributed by atoms with van der Waals surface area (Å²) in [6.07, 6.45) is 3.38. The highest BCUT2D eigenvalue weighted by molar-refractivity contribution is 8.01. The molecule has 0 saturated heterocycles. The number of carbonyl (C=O) groups is 2. The summed E-state index contributed by atoms with van der Waals surface area (Å²) >= 11 is 2.63. The predicted octanol–water partition coefficient (Wildman–Crippen LogP) is 1.69. The molecule has 0 fully saturated rings. The molecule has 2 aromatic heterocycles. The van der Waals surface area contributed by atoms with Crippen molar-refractivity contribution < 1.29 is 14.7 Å². The van der Waals surface area contributed by atoms with E-state index in [1.54, 1.807) is 24.5 Å². The molecule has 0 aliphatic heterocycles. The smallest absolute Gasteiger partial charge is 0.234 e. The van der Waals surface area contributed by atoms with Crippen LogP contribution >= 0.6 is 23.1 Å². The minimum Gasteiger partial charge on any atom is -0.545 e. The first-order chi connectivity index (χ1) is 12.1. The number of aromatic nitrogens is 3. The zero-order valence-corrected chi connectivity index (χ0v) is 14.3. The number of hydrogen-bond donors (Lipinski definition) is 1. The Bertz CT molecular complexity index is 899. The number of benzene rings is 1. The molecule has 126 valence electrons. The fourth-order valence-corrected chi connectivity index (χ4v) is 3.56. The van der Waals surface area contributed by atoms with E-state index in [1.807, 2.05) is 12.1 Å². The lowest BCUT2D eigenvalue weighted by Crippen LogP contribution is -2.22. The summed E-state index contributed by atoms with van der Waals surface area (Å²) in [6, 6.07) is 9.61. The summed E-state index contributed by atoms with van der Waals surface area (Å²) in [7, 11) is 0. The number of rotatable bonds is 6. The Balaban J connectivity index is 1.57. The van der Waals surface area contributed by atoms with Crippen molar-refractivity contribution in [2.45, 2.75) is 4.34 Å². The van der Waals surface area contributed by atoms with Gasteiger partial charge in [0.2, 0.25) is 5.91 Å². The number of anilines is 1. The van der Waals surface area contributed by atoms with Gasteiger partial charge in [-0.3, -0.25) is 9.78 Å². The van der Waals surface area contributed by atoms with Crippen molar-refractivity contribution in [3.05, 3.63) is 54.4 Å². The van der Waals surface area contributed by atoms with Crippen molar-refractivity contribution in [2.24, 2.45) is 0 Å². The van der Waals surface area contributed by atoms with Crippen molar-refractivity contribution in [3.63, 3.8) is 0 Å². The lowest BCUT2D eigenvalue weighted by atomic mass is 10.2. The molecule has 0 saturated carbocycles. The second-order valence-electron chi connectivity index (χ2n) is 4.82. The Morgan fingerprint density at radius 2 is 2.08 bits per heavy atom. The molecular weight excluding hydrogens is 360 g/mol. The minimum absolute atomic E-state index is 0.00990. The van der Waals surface area contributed by atoms with E-state index in [9.17, 15) is 14.7 Å². The average Bonchev–Trinajstić information content (AvgIpc) is 3.10. The van der Waals surface area contributed by atoms with Crippen LogP contribution in [0.5, 0.6) is 0 Å². The van der Waals surface area contributed by atoms with Crippen LogP contribution in [0.2, 0.25) is 0 Å². The van der Waals surface area contributed by atoms with Crippen LogP contribution < -0.4 is 10.4 Å². The average molecular weight is 371 g/mol. The lowest BCUT2D eigenvalue weighted by molar-refractivity contribution is -0.255. The number of carboxylic acid groups (broad SMARTS) is 1. The topological polar surface area (TPSA) is 108 Å². The van der Waals surface area contributed by atoms with Crippen LogP contribution in [0.15, 0.2) is 53.1 Å². The van der Waals surface area contributed by atoms with Crippen molar-refractivity contribution in [3.8, 4) is 10.6 Å². The normalized spacial score (nSPS) is 10.4. The van der Waals surface area contributed by atoms with Crippen LogP contribution in [-0.4, -0.2) is 32.8 Å². The molecular formula is C16H11N4O3S2-. The van der Waals surface area contributed by atoms with E-state index in [0.29, 0.717) is 10.0 Å². The fraction of sp³-hybridized carbons (Fsp3) is 0.0625. The highest BCUT2D eigenvalue weighted by atomic mass is 32.2. The fourth-order valence-electron chi connectivity index (χ4n) is 1.92. The molecule has 1 N–H and O–H groups in total. The molecule has 7 nitrogen and oxygen atoms in total. The second kappa shape index (κ2) is 7.86. The molecule has 2 heterocycles. The largest absolute Gasteiger partial charge is 0.545 e.